The maximum absolute atomic E-state index is 14.3. The van der Waals surface area contributed by atoms with Crippen LogP contribution in [0.15, 0.2) is 72.1 Å². The van der Waals surface area contributed by atoms with Crippen LogP contribution in [0.1, 0.15) is 49.5 Å². The van der Waals surface area contributed by atoms with Crippen molar-refractivity contribution in [2.45, 2.75) is 44.5 Å². The average molecular weight is 507 g/mol. The summed E-state index contributed by atoms with van der Waals surface area (Å²) in [5.41, 5.74) is 2.73. The second kappa shape index (κ2) is 11.4. The predicted octanol–water partition coefficient (Wildman–Crippen LogP) is 3.87. The molecule has 0 spiro atoms. The number of carbonyl (C=O) groups excluding carboxylic acids is 1. The van der Waals surface area contributed by atoms with E-state index >= 15 is 0 Å². The maximum atomic E-state index is 14.3. The Labute approximate surface area is 218 Å². The molecule has 36 heavy (non-hydrogen) atoms. The van der Waals surface area contributed by atoms with Gasteiger partial charge < -0.3 is 29.9 Å². The number of nitrogens with one attached hydrogen (secondary N) is 2. The molecule has 7 nitrogen and oxygen atoms in total. The molecule has 0 saturated carbocycles. The molecule has 3 aliphatic heterocycles. The van der Waals surface area contributed by atoms with Gasteiger partial charge in [-0.05, 0) is 49.5 Å². The van der Waals surface area contributed by atoms with Gasteiger partial charge in [-0.2, -0.15) is 0 Å². The van der Waals surface area contributed by atoms with Crippen molar-refractivity contribution in [1.82, 2.24) is 20.4 Å². The number of amides is 1. The number of carbonyl (C=O) groups is 1. The first-order chi connectivity index (χ1) is 17.7. The van der Waals surface area contributed by atoms with Gasteiger partial charge in [0.2, 0.25) is 0 Å². The molecule has 3 heterocycles. The molecule has 0 aliphatic carbocycles. The number of nitrogens with zero attached hydrogens (tertiary/aromatic N) is 2. The lowest BCUT2D eigenvalue weighted by molar-refractivity contribution is -0.132. The monoisotopic (exact) mass is 506 g/mol. The molecule has 3 aliphatic rings. The summed E-state index contributed by atoms with van der Waals surface area (Å²) in [4.78, 5) is 18.3. The van der Waals surface area contributed by atoms with Crippen molar-refractivity contribution in [3.8, 4) is 0 Å². The molecule has 2 aromatic carbocycles. The summed E-state index contributed by atoms with van der Waals surface area (Å²) in [6.45, 7) is 5.23. The largest absolute Gasteiger partial charge is 0.382 e. The highest BCUT2D eigenvalue weighted by molar-refractivity contribution is 7.80. The topological polar surface area (TPSA) is 66.1 Å². The number of thiocarbonyl (C=S) groups is 1. The first kappa shape index (κ1) is 24.7. The Bertz CT molecular complexity index is 1090. The molecule has 190 valence electrons. The molecule has 2 N–H and O–H groups in total. The Hall–Kier alpha value is -2.94. The third-order valence-corrected chi connectivity index (χ3v) is 7.29. The van der Waals surface area contributed by atoms with E-state index in [0.717, 1.165) is 42.8 Å². The van der Waals surface area contributed by atoms with Gasteiger partial charge in [0, 0.05) is 26.4 Å². The summed E-state index contributed by atoms with van der Waals surface area (Å²) >= 11 is 5.87. The number of hydrogen-bond acceptors (Lipinski definition) is 5. The summed E-state index contributed by atoms with van der Waals surface area (Å²) in [7, 11) is 0. The van der Waals surface area contributed by atoms with E-state index in [1.54, 1.807) is 0 Å². The first-order valence-corrected chi connectivity index (χ1v) is 13.3. The van der Waals surface area contributed by atoms with Gasteiger partial charge in [-0.3, -0.25) is 4.79 Å². The molecule has 3 unspecified atom stereocenters. The van der Waals surface area contributed by atoms with Gasteiger partial charge in [0.25, 0.3) is 5.91 Å². The Morgan fingerprint density at radius 1 is 1.06 bits per heavy atom. The lowest BCUT2D eigenvalue weighted by Gasteiger charge is -2.47. The van der Waals surface area contributed by atoms with Crippen molar-refractivity contribution in [2.75, 3.05) is 32.9 Å². The van der Waals surface area contributed by atoms with Gasteiger partial charge in [-0.25, -0.2) is 0 Å². The highest BCUT2D eigenvalue weighted by atomic mass is 32.1. The normalized spacial score (nSPS) is 24.0. The van der Waals surface area contributed by atoms with Crippen molar-refractivity contribution in [3.63, 3.8) is 0 Å². The highest BCUT2D eigenvalue weighted by Crippen LogP contribution is 2.38. The minimum atomic E-state index is -0.333. The molecule has 0 bridgehead atoms. The molecule has 5 rings (SSSR count). The van der Waals surface area contributed by atoms with Crippen molar-refractivity contribution in [1.29, 1.82) is 0 Å². The third-order valence-electron chi connectivity index (χ3n) is 6.95. The van der Waals surface area contributed by atoms with Crippen LogP contribution in [-0.2, 0) is 14.3 Å². The SMILES string of the molecule is CCOCCCN1C(=O)C2=C(NC1c1ccccc1)N(CC1CCCO1)C(=S)NC2c1ccccc1. The van der Waals surface area contributed by atoms with Crippen molar-refractivity contribution < 1.29 is 14.3 Å². The zero-order valence-corrected chi connectivity index (χ0v) is 21.5. The molecular weight excluding hydrogens is 472 g/mol. The fourth-order valence-electron chi connectivity index (χ4n) is 5.19. The predicted molar refractivity (Wildman–Crippen MR) is 143 cm³/mol. The fraction of sp³-hybridized carbons (Fsp3) is 0.429. The average Bonchev–Trinajstić information content (AvgIpc) is 3.43. The van der Waals surface area contributed by atoms with E-state index in [9.17, 15) is 4.79 Å². The number of hydrogen-bond donors (Lipinski definition) is 2. The Balaban J connectivity index is 1.56. The minimum Gasteiger partial charge on any atom is -0.382 e. The Kier molecular flexibility index (Phi) is 7.84. The zero-order valence-electron chi connectivity index (χ0n) is 20.7. The van der Waals surface area contributed by atoms with E-state index in [2.05, 4.69) is 22.8 Å². The summed E-state index contributed by atoms with van der Waals surface area (Å²) in [5.74, 6) is 0.790. The number of ether oxygens (including phenoxy) is 2. The van der Waals surface area contributed by atoms with Gasteiger partial charge in [0.15, 0.2) is 5.11 Å². The highest BCUT2D eigenvalue weighted by Gasteiger charge is 2.44. The smallest absolute Gasteiger partial charge is 0.257 e. The van der Waals surface area contributed by atoms with Crippen LogP contribution in [0.5, 0.6) is 0 Å². The van der Waals surface area contributed by atoms with Crippen LogP contribution < -0.4 is 10.6 Å². The molecular formula is C28H34N4O3S. The lowest BCUT2D eigenvalue weighted by Crippen LogP contribution is -2.60. The molecule has 1 fully saturated rings. The molecule has 0 radical (unpaired) electrons. The van der Waals surface area contributed by atoms with Crippen LogP contribution in [0.2, 0.25) is 0 Å². The summed E-state index contributed by atoms with van der Waals surface area (Å²) in [6.07, 6.45) is 2.58. The van der Waals surface area contributed by atoms with Gasteiger partial charge in [0.1, 0.15) is 12.0 Å². The van der Waals surface area contributed by atoms with E-state index < -0.39 is 0 Å². The van der Waals surface area contributed by atoms with Gasteiger partial charge >= 0.3 is 0 Å². The summed E-state index contributed by atoms with van der Waals surface area (Å²) in [6, 6.07) is 19.8. The van der Waals surface area contributed by atoms with Crippen LogP contribution >= 0.6 is 12.2 Å². The Morgan fingerprint density at radius 2 is 1.78 bits per heavy atom. The fourth-order valence-corrected chi connectivity index (χ4v) is 5.47. The van der Waals surface area contributed by atoms with Crippen molar-refractivity contribution in [3.05, 3.63) is 83.2 Å². The zero-order chi connectivity index (χ0) is 24.9. The number of rotatable bonds is 9. The van der Waals surface area contributed by atoms with Crippen LogP contribution in [0.25, 0.3) is 0 Å². The van der Waals surface area contributed by atoms with Crippen LogP contribution in [0, 0.1) is 0 Å². The van der Waals surface area contributed by atoms with E-state index in [1.807, 2.05) is 65.3 Å². The molecule has 1 saturated heterocycles. The third kappa shape index (κ3) is 5.12. The van der Waals surface area contributed by atoms with E-state index in [1.165, 1.54) is 0 Å². The van der Waals surface area contributed by atoms with Gasteiger partial charge in [-0.1, -0.05) is 60.7 Å². The van der Waals surface area contributed by atoms with E-state index in [-0.39, 0.29) is 24.2 Å². The molecule has 2 aromatic rings. The van der Waals surface area contributed by atoms with E-state index in [0.29, 0.717) is 37.0 Å². The summed E-state index contributed by atoms with van der Waals surface area (Å²) < 4.78 is 11.5. The first-order valence-electron chi connectivity index (χ1n) is 12.9. The minimum absolute atomic E-state index is 0.00953. The molecule has 1 amide bonds. The van der Waals surface area contributed by atoms with Crippen LogP contribution in [0.3, 0.4) is 0 Å². The van der Waals surface area contributed by atoms with Crippen LogP contribution in [0.4, 0.5) is 0 Å². The maximum Gasteiger partial charge on any atom is 0.257 e. The quantitative estimate of drug-likeness (QED) is 0.395. The van der Waals surface area contributed by atoms with Crippen LogP contribution in [-0.4, -0.2) is 59.8 Å². The van der Waals surface area contributed by atoms with Gasteiger partial charge in [0.05, 0.1) is 24.3 Å². The van der Waals surface area contributed by atoms with E-state index in [4.69, 9.17) is 21.7 Å². The van der Waals surface area contributed by atoms with Gasteiger partial charge in [-0.15, -0.1) is 0 Å². The summed E-state index contributed by atoms with van der Waals surface area (Å²) in [5, 5.41) is 7.81. The standard InChI is InChI=1S/C28H34N4O3S/c1-2-34-17-10-16-31-25(21-13-7-4-8-14-21)30-26-23(27(31)33)24(20-11-5-3-6-12-20)29-28(36)32(26)19-22-15-9-18-35-22/h3-8,11-14,22,24-25,30H,2,9-10,15-19H2,1H3,(H,29,36). The second-order valence-corrected chi connectivity index (χ2v) is 9.69. The molecule has 0 aromatic heterocycles. The lowest BCUT2D eigenvalue weighted by atomic mass is 9.92. The second-order valence-electron chi connectivity index (χ2n) is 9.31. The molecule has 8 heteroatoms. The van der Waals surface area contributed by atoms with Crippen molar-refractivity contribution >= 4 is 23.2 Å². The Morgan fingerprint density at radius 3 is 2.44 bits per heavy atom. The number of benzene rings is 2. The van der Waals surface area contributed by atoms with Crippen molar-refractivity contribution in [2.24, 2.45) is 0 Å². The molecule has 3 atom stereocenters.